The number of rotatable bonds is 6. The predicted octanol–water partition coefficient (Wildman–Crippen LogP) is 2.51. The summed E-state index contributed by atoms with van der Waals surface area (Å²) in [7, 11) is 0. The molecule has 4 heteroatoms. The zero-order valence-corrected chi connectivity index (χ0v) is 10.2. The van der Waals surface area contributed by atoms with Crippen molar-refractivity contribution >= 4 is 5.91 Å². The molecule has 3 nitrogen and oxygen atoms in total. The Balaban J connectivity index is 2.29. The lowest BCUT2D eigenvalue weighted by molar-refractivity contribution is -0.122. The van der Waals surface area contributed by atoms with Gasteiger partial charge in [0.25, 0.3) is 0 Å². The van der Waals surface area contributed by atoms with Crippen molar-refractivity contribution in [3.8, 4) is 5.75 Å². The summed E-state index contributed by atoms with van der Waals surface area (Å²) in [6.07, 6.45) is 1.12. The molecule has 17 heavy (non-hydrogen) atoms. The van der Waals surface area contributed by atoms with Gasteiger partial charge in [-0.2, -0.15) is 0 Å². The molecular formula is C13H18FNO2. The maximum absolute atomic E-state index is 13.2. The Morgan fingerprint density at radius 2 is 2.18 bits per heavy atom. The molecule has 0 spiro atoms. The fourth-order valence-electron chi connectivity index (χ4n) is 1.26. The van der Waals surface area contributed by atoms with Crippen LogP contribution in [-0.4, -0.2) is 18.6 Å². The summed E-state index contributed by atoms with van der Waals surface area (Å²) in [5.41, 5.74) is 0. The van der Waals surface area contributed by atoms with Gasteiger partial charge in [0.15, 0.2) is 11.6 Å². The second-order valence-electron chi connectivity index (χ2n) is 3.91. The number of halogens is 1. The van der Waals surface area contributed by atoms with E-state index in [9.17, 15) is 9.18 Å². The Bertz CT molecular complexity index is 368. The van der Waals surface area contributed by atoms with Gasteiger partial charge in [-0.15, -0.1) is 0 Å². The molecule has 94 valence electrons. The zero-order chi connectivity index (χ0) is 12.7. The number of para-hydroxylation sites is 1. The fraction of sp³-hybridized carbons (Fsp3) is 0.462. The van der Waals surface area contributed by atoms with E-state index in [1.165, 1.54) is 6.07 Å². The van der Waals surface area contributed by atoms with Gasteiger partial charge in [-0.25, -0.2) is 4.39 Å². The highest BCUT2D eigenvalue weighted by Crippen LogP contribution is 2.15. The average molecular weight is 239 g/mol. The Morgan fingerprint density at radius 3 is 2.82 bits per heavy atom. The summed E-state index contributed by atoms with van der Waals surface area (Å²) in [6.45, 7) is 4.12. The summed E-state index contributed by atoms with van der Waals surface area (Å²) in [6, 6.07) is 6.32. The van der Waals surface area contributed by atoms with Crippen LogP contribution in [0.3, 0.4) is 0 Å². The second-order valence-corrected chi connectivity index (χ2v) is 3.91. The first kappa shape index (κ1) is 13.5. The van der Waals surface area contributed by atoms with Crippen molar-refractivity contribution in [2.75, 3.05) is 6.61 Å². The molecule has 1 aromatic rings. The van der Waals surface area contributed by atoms with Gasteiger partial charge in [-0.1, -0.05) is 19.1 Å². The predicted molar refractivity (Wildman–Crippen MR) is 64.4 cm³/mol. The molecule has 0 heterocycles. The number of hydrogen-bond donors (Lipinski definition) is 1. The molecule has 0 aromatic heterocycles. The highest BCUT2D eigenvalue weighted by Gasteiger charge is 2.06. The minimum absolute atomic E-state index is 0.0734. The number of benzene rings is 1. The molecule has 1 N–H and O–H groups in total. The van der Waals surface area contributed by atoms with Crippen molar-refractivity contribution in [2.45, 2.75) is 32.7 Å². The van der Waals surface area contributed by atoms with Crippen LogP contribution in [0, 0.1) is 5.82 Å². The minimum Gasteiger partial charge on any atom is -0.490 e. The lowest BCUT2D eigenvalue weighted by Crippen LogP contribution is -2.32. The van der Waals surface area contributed by atoms with Gasteiger partial charge in [0.1, 0.15) is 0 Å². The van der Waals surface area contributed by atoms with Crippen molar-refractivity contribution < 1.29 is 13.9 Å². The van der Waals surface area contributed by atoms with Crippen molar-refractivity contribution in [3.63, 3.8) is 0 Å². The number of nitrogens with one attached hydrogen (secondary N) is 1. The van der Waals surface area contributed by atoms with Gasteiger partial charge in [0.2, 0.25) is 5.91 Å². The Kier molecular flexibility index (Phi) is 5.46. The summed E-state index contributed by atoms with van der Waals surface area (Å²) < 4.78 is 18.3. The van der Waals surface area contributed by atoms with Gasteiger partial charge in [0.05, 0.1) is 13.0 Å². The molecule has 0 aliphatic heterocycles. The molecule has 1 amide bonds. The van der Waals surface area contributed by atoms with Gasteiger partial charge in [-0.05, 0) is 25.5 Å². The van der Waals surface area contributed by atoms with Crippen LogP contribution in [0.15, 0.2) is 24.3 Å². The minimum atomic E-state index is -0.408. The van der Waals surface area contributed by atoms with E-state index in [2.05, 4.69) is 5.32 Å². The van der Waals surface area contributed by atoms with Gasteiger partial charge in [0, 0.05) is 6.04 Å². The van der Waals surface area contributed by atoms with Crippen molar-refractivity contribution in [1.82, 2.24) is 5.32 Å². The molecule has 1 rings (SSSR count). The Morgan fingerprint density at radius 1 is 1.47 bits per heavy atom. The van der Waals surface area contributed by atoms with Crippen molar-refractivity contribution in [3.05, 3.63) is 30.1 Å². The van der Waals surface area contributed by atoms with Gasteiger partial charge >= 0.3 is 0 Å². The molecular weight excluding hydrogens is 221 g/mol. The summed E-state index contributed by atoms with van der Waals surface area (Å²) in [4.78, 5) is 11.4. The van der Waals surface area contributed by atoms with Crippen LogP contribution in [0.1, 0.15) is 26.7 Å². The van der Waals surface area contributed by atoms with E-state index in [0.29, 0.717) is 0 Å². The highest BCUT2D eigenvalue weighted by molar-refractivity contribution is 5.76. The van der Waals surface area contributed by atoms with E-state index in [4.69, 9.17) is 4.74 Å². The molecule has 1 aromatic carbocycles. The summed E-state index contributed by atoms with van der Waals surface area (Å²) >= 11 is 0. The first-order valence-electron chi connectivity index (χ1n) is 5.80. The Labute approximate surface area is 101 Å². The highest BCUT2D eigenvalue weighted by atomic mass is 19.1. The monoisotopic (exact) mass is 239 g/mol. The van der Waals surface area contributed by atoms with Crippen LogP contribution in [0.2, 0.25) is 0 Å². The molecule has 0 radical (unpaired) electrons. The van der Waals surface area contributed by atoms with Crippen LogP contribution in [0.5, 0.6) is 5.75 Å². The van der Waals surface area contributed by atoms with E-state index in [1.54, 1.807) is 18.2 Å². The van der Waals surface area contributed by atoms with E-state index in [1.807, 2.05) is 13.8 Å². The maximum atomic E-state index is 13.2. The molecule has 0 fully saturated rings. The Hall–Kier alpha value is -1.58. The summed E-state index contributed by atoms with van der Waals surface area (Å²) in [5.74, 6) is -0.297. The normalized spacial score (nSPS) is 11.9. The molecule has 0 bridgehead atoms. The smallest absolute Gasteiger partial charge is 0.223 e. The third kappa shape index (κ3) is 4.85. The first-order chi connectivity index (χ1) is 8.13. The van der Waals surface area contributed by atoms with Crippen LogP contribution in [-0.2, 0) is 4.79 Å². The number of carbonyl (C=O) groups excluding carboxylic acids is 1. The van der Waals surface area contributed by atoms with Crippen LogP contribution in [0.25, 0.3) is 0 Å². The van der Waals surface area contributed by atoms with Crippen LogP contribution >= 0.6 is 0 Å². The number of hydrogen-bond acceptors (Lipinski definition) is 2. The maximum Gasteiger partial charge on any atom is 0.223 e. The van der Waals surface area contributed by atoms with Crippen LogP contribution < -0.4 is 10.1 Å². The lowest BCUT2D eigenvalue weighted by Gasteiger charge is -2.11. The second kappa shape index (κ2) is 6.89. The molecule has 0 saturated heterocycles. The van der Waals surface area contributed by atoms with Gasteiger partial charge in [-0.3, -0.25) is 4.79 Å². The topological polar surface area (TPSA) is 38.3 Å². The zero-order valence-electron chi connectivity index (χ0n) is 10.2. The molecule has 0 saturated carbocycles. The van der Waals surface area contributed by atoms with E-state index in [-0.39, 0.29) is 30.7 Å². The third-order valence-corrected chi connectivity index (χ3v) is 2.44. The number of ether oxygens (including phenoxy) is 1. The van der Waals surface area contributed by atoms with Crippen LogP contribution in [0.4, 0.5) is 4.39 Å². The average Bonchev–Trinajstić information content (AvgIpc) is 2.31. The van der Waals surface area contributed by atoms with E-state index < -0.39 is 5.82 Å². The quantitative estimate of drug-likeness (QED) is 0.828. The first-order valence-corrected chi connectivity index (χ1v) is 5.80. The van der Waals surface area contributed by atoms with E-state index in [0.717, 1.165) is 6.42 Å². The molecule has 1 atom stereocenters. The SMILES string of the molecule is CCC(C)NC(=O)CCOc1ccccc1F. The largest absolute Gasteiger partial charge is 0.490 e. The molecule has 1 unspecified atom stereocenters. The lowest BCUT2D eigenvalue weighted by atomic mass is 10.2. The standard InChI is InChI=1S/C13H18FNO2/c1-3-10(2)15-13(16)8-9-17-12-7-5-4-6-11(12)14/h4-7,10H,3,8-9H2,1-2H3,(H,15,16). The fourth-order valence-corrected chi connectivity index (χ4v) is 1.26. The molecule has 0 aliphatic carbocycles. The van der Waals surface area contributed by atoms with E-state index >= 15 is 0 Å². The van der Waals surface area contributed by atoms with Crippen molar-refractivity contribution in [1.29, 1.82) is 0 Å². The number of carbonyl (C=O) groups is 1. The third-order valence-electron chi connectivity index (χ3n) is 2.44. The number of amides is 1. The van der Waals surface area contributed by atoms with Gasteiger partial charge < -0.3 is 10.1 Å². The molecule has 0 aliphatic rings. The van der Waals surface area contributed by atoms with Crippen molar-refractivity contribution in [2.24, 2.45) is 0 Å². The summed E-state index contributed by atoms with van der Waals surface area (Å²) in [5, 5.41) is 2.82.